The van der Waals surface area contributed by atoms with Gasteiger partial charge in [0.05, 0.1) is 16.3 Å². The number of nitrogens with two attached hydrogens (primary N) is 1. The van der Waals surface area contributed by atoms with Crippen LogP contribution in [0.25, 0.3) is 20.8 Å². The quantitative estimate of drug-likeness (QED) is 0.655. The Labute approximate surface area is 180 Å². The van der Waals surface area contributed by atoms with Crippen LogP contribution in [0, 0.1) is 12.8 Å². The maximum absolute atomic E-state index is 12.7. The smallest absolute Gasteiger partial charge is 0.241 e. The van der Waals surface area contributed by atoms with E-state index in [9.17, 15) is 9.59 Å². The van der Waals surface area contributed by atoms with Crippen LogP contribution in [-0.2, 0) is 9.59 Å². The van der Waals surface area contributed by atoms with Gasteiger partial charge in [-0.2, -0.15) is 0 Å². The molecule has 1 aliphatic rings. The highest BCUT2D eigenvalue weighted by Crippen LogP contribution is 2.31. The summed E-state index contributed by atoms with van der Waals surface area (Å²) in [7, 11) is 0. The number of aromatic nitrogens is 1. The summed E-state index contributed by atoms with van der Waals surface area (Å²) in [6, 6.07) is 13.8. The number of hydrogen-bond donors (Lipinski definition) is 2. The summed E-state index contributed by atoms with van der Waals surface area (Å²) < 4.78 is 1.18. The number of nitrogens with zero attached hydrogens (tertiary/aromatic N) is 2. The van der Waals surface area contributed by atoms with Gasteiger partial charge in [0, 0.05) is 17.2 Å². The van der Waals surface area contributed by atoms with Gasteiger partial charge in [0.1, 0.15) is 5.01 Å². The summed E-state index contributed by atoms with van der Waals surface area (Å²) in [5.41, 5.74) is 9.42. The number of benzene rings is 2. The number of rotatable bonds is 5. The molecule has 2 aromatic carbocycles. The number of anilines is 1. The van der Waals surface area contributed by atoms with E-state index in [1.165, 1.54) is 10.3 Å². The standard InChI is InChI=1S/C23H26N4O2S/c1-14-3-8-19-20(13-14)30-23(26-19)17-4-6-18(7-5-17)25-22(29)15(2)27-11-9-16(10-12-27)21(24)28/h3-8,13,15-16H,9-12H2,1-2H3,(H2,24,28)(H,25,29). The molecular weight excluding hydrogens is 396 g/mol. The monoisotopic (exact) mass is 422 g/mol. The van der Waals surface area contributed by atoms with E-state index >= 15 is 0 Å². The lowest BCUT2D eigenvalue weighted by molar-refractivity contribution is -0.124. The second kappa shape index (κ2) is 8.53. The number of carbonyl (C=O) groups excluding carboxylic acids is 2. The predicted octanol–water partition coefficient (Wildman–Crippen LogP) is 3.80. The van der Waals surface area contributed by atoms with Gasteiger partial charge < -0.3 is 11.1 Å². The van der Waals surface area contributed by atoms with Crippen molar-refractivity contribution in [3.05, 3.63) is 48.0 Å². The minimum atomic E-state index is -0.258. The van der Waals surface area contributed by atoms with Crippen LogP contribution in [0.2, 0.25) is 0 Å². The van der Waals surface area contributed by atoms with Crippen molar-refractivity contribution in [1.82, 2.24) is 9.88 Å². The predicted molar refractivity (Wildman–Crippen MR) is 121 cm³/mol. The third-order valence-electron chi connectivity index (χ3n) is 5.80. The molecule has 1 unspecified atom stereocenters. The van der Waals surface area contributed by atoms with Crippen molar-refractivity contribution in [2.24, 2.45) is 11.7 Å². The second-order valence-electron chi connectivity index (χ2n) is 7.95. The van der Waals surface area contributed by atoms with Gasteiger partial charge in [-0.25, -0.2) is 4.98 Å². The summed E-state index contributed by atoms with van der Waals surface area (Å²) in [6.07, 6.45) is 1.42. The van der Waals surface area contributed by atoms with E-state index in [0.717, 1.165) is 21.8 Å². The third-order valence-corrected chi connectivity index (χ3v) is 6.87. The third kappa shape index (κ3) is 4.37. The molecular formula is C23H26N4O2S. The molecule has 2 heterocycles. The van der Waals surface area contributed by atoms with Gasteiger partial charge >= 0.3 is 0 Å². The van der Waals surface area contributed by atoms with E-state index < -0.39 is 0 Å². The largest absolute Gasteiger partial charge is 0.369 e. The van der Waals surface area contributed by atoms with Crippen LogP contribution >= 0.6 is 11.3 Å². The van der Waals surface area contributed by atoms with Gasteiger partial charge in [0.25, 0.3) is 0 Å². The van der Waals surface area contributed by atoms with Crippen LogP contribution in [0.5, 0.6) is 0 Å². The lowest BCUT2D eigenvalue weighted by Gasteiger charge is -2.34. The molecule has 2 amide bonds. The van der Waals surface area contributed by atoms with Crippen LogP contribution < -0.4 is 11.1 Å². The highest BCUT2D eigenvalue weighted by atomic mass is 32.1. The molecule has 156 valence electrons. The van der Waals surface area contributed by atoms with Crippen LogP contribution in [0.1, 0.15) is 25.3 Å². The second-order valence-corrected chi connectivity index (χ2v) is 8.98. The normalized spacial score (nSPS) is 16.5. The van der Waals surface area contributed by atoms with Gasteiger partial charge in [-0.05, 0) is 81.7 Å². The average Bonchev–Trinajstić information content (AvgIpc) is 3.17. The molecule has 0 saturated carbocycles. The zero-order valence-corrected chi connectivity index (χ0v) is 18.0. The zero-order valence-electron chi connectivity index (χ0n) is 17.2. The molecule has 0 aliphatic carbocycles. The molecule has 0 radical (unpaired) electrons. The van der Waals surface area contributed by atoms with Crippen LogP contribution in [-0.4, -0.2) is 40.8 Å². The molecule has 1 aliphatic heterocycles. The molecule has 1 fully saturated rings. The molecule has 1 aromatic heterocycles. The van der Waals surface area contributed by atoms with Gasteiger partial charge in [0.15, 0.2) is 0 Å². The Bertz CT molecular complexity index is 1070. The first kappa shape index (κ1) is 20.5. The highest BCUT2D eigenvalue weighted by molar-refractivity contribution is 7.21. The van der Waals surface area contributed by atoms with E-state index in [0.29, 0.717) is 25.9 Å². The maximum atomic E-state index is 12.7. The van der Waals surface area contributed by atoms with Gasteiger partial charge in [-0.1, -0.05) is 6.07 Å². The number of likely N-dealkylation sites (tertiary alicyclic amines) is 1. The number of primary amides is 1. The van der Waals surface area contributed by atoms with Crippen LogP contribution in [0.4, 0.5) is 5.69 Å². The molecule has 30 heavy (non-hydrogen) atoms. The molecule has 1 atom stereocenters. The number of carbonyl (C=O) groups is 2. The Kier molecular flexibility index (Phi) is 5.83. The number of fused-ring (bicyclic) bond motifs is 1. The fraction of sp³-hybridized carbons (Fsp3) is 0.348. The number of piperidine rings is 1. The first-order chi connectivity index (χ1) is 14.4. The zero-order chi connectivity index (χ0) is 21.3. The number of amides is 2. The molecule has 0 bridgehead atoms. The number of aryl methyl sites for hydroxylation is 1. The van der Waals surface area contributed by atoms with E-state index in [4.69, 9.17) is 10.7 Å². The molecule has 3 N–H and O–H groups in total. The first-order valence-electron chi connectivity index (χ1n) is 10.2. The Morgan fingerprint density at radius 2 is 1.87 bits per heavy atom. The minimum Gasteiger partial charge on any atom is -0.369 e. The molecule has 4 rings (SSSR count). The Balaban J connectivity index is 1.39. The maximum Gasteiger partial charge on any atom is 0.241 e. The fourth-order valence-electron chi connectivity index (χ4n) is 3.84. The molecule has 1 saturated heterocycles. The average molecular weight is 423 g/mol. The topological polar surface area (TPSA) is 88.3 Å². The highest BCUT2D eigenvalue weighted by Gasteiger charge is 2.28. The van der Waals surface area contributed by atoms with Crippen molar-refractivity contribution in [3.63, 3.8) is 0 Å². The number of hydrogen-bond acceptors (Lipinski definition) is 5. The SMILES string of the molecule is Cc1ccc2nc(-c3ccc(NC(=O)C(C)N4CCC(C(N)=O)CC4)cc3)sc2c1. The van der Waals surface area contributed by atoms with Gasteiger partial charge in [-0.3, -0.25) is 14.5 Å². The first-order valence-corrected chi connectivity index (χ1v) is 11.0. The van der Waals surface area contributed by atoms with E-state index in [-0.39, 0.29) is 23.8 Å². The van der Waals surface area contributed by atoms with Crippen LogP contribution in [0.3, 0.4) is 0 Å². The van der Waals surface area contributed by atoms with Crippen molar-refractivity contribution in [3.8, 4) is 10.6 Å². The van der Waals surface area contributed by atoms with Crippen molar-refractivity contribution in [2.45, 2.75) is 32.7 Å². The Morgan fingerprint density at radius 1 is 1.17 bits per heavy atom. The molecule has 6 nitrogen and oxygen atoms in total. The van der Waals surface area contributed by atoms with Crippen LogP contribution in [0.15, 0.2) is 42.5 Å². The molecule has 0 spiro atoms. The van der Waals surface area contributed by atoms with E-state index in [1.807, 2.05) is 37.3 Å². The Hall–Kier alpha value is -2.77. The van der Waals surface area contributed by atoms with Gasteiger partial charge in [-0.15, -0.1) is 11.3 Å². The molecule has 7 heteroatoms. The van der Waals surface area contributed by atoms with Crippen molar-refractivity contribution in [1.29, 1.82) is 0 Å². The molecule has 3 aromatic rings. The van der Waals surface area contributed by atoms with Gasteiger partial charge in [0.2, 0.25) is 11.8 Å². The van der Waals surface area contributed by atoms with Crippen molar-refractivity contribution in [2.75, 3.05) is 18.4 Å². The summed E-state index contributed by atoms with van der Waals surface area (Å²) in [5.74, 6) is -0.360. The minimum absolute atomic E-state index is 0.0456. The number of thiazole rings is 1. The fourth-order valence-corrected chi connectivity index (χ4v) is 4.90. The van der Waals surface area contributed by atoms with E-state index in [1.54, 1.807) is 11.3 Å². The number of nitrogens with one attached hydrogen (secondary N) is 1. The summed E-state index contributed by atoms with van der Waals surface area (Å²) in [4.78, 5) is 30.8. The van der Waals surface area contributed by atoms with Crippen molar-refractivity contribution >= 4 is 39.1 Å². The van der Waals surface area contributed by atoms with Crippen molar-refractivity contribution < 1.29 is 9.59 Å². The lowest BCUT2D eigenvalue weighted by Crippen LogP contribution is -2.47. The van der Waals surface area contributed by atoms with E-state index in [2.05, 4.69) is 29.3 Å². The summed E-state index contributed by atoms with van der Waals surface area (Å²) in [5, 5.41) is 3.97. The lowest BCUT2D eigenvalue weighted by atomic mass is 9.95. The summed E-state index contributed by atoms with van der Waals surface area (Å²) >= 11 is 1.67. The Morgan fingerprint density at radius 3 is 2.53 bits per heavy atom. The summed E-state index contributed by atoms with van der Waals surface area (Å²) in [6.45, 7) is 5.39.